The molecule has 0 saturated heterocycles. The van der Waals surface area contributed by atoms with Gasteiger partial charge in [0.25, 0.3) is 5.56 Å². The summed E-state index contributed by atoms with van der Waals surface area (Å²) in [5.41, 5.74) is 1.14. The Morgan fingerprint density at radius 2 is 2.04 bits per heavy atom. The molecule has 3 rings (SSSR count). The van der Waals surface area contributed by atoms with E-state index in [0.717, 1.165) is 23.3 Å². The van der Waals surface area contributed by atoms with Crippen molar-refractivity contribution in [1.29, 1.82) is 0 Å². The molecule has 1 aromatic heterocycles. The predicted octanol–water partition coefficient (Wildman–Crippen LogP) is 2.83. The first-order valence-corrected chi connectivity index (χ1v) is 8.69. The van der Waals surface area contributed by atoms with Crippen LogP contribution in [-0.2, 0) is 11.3 Å². The van der Waals surface area contributed by atoms with Crippen molar-refractivity contribution in [3.05, 3.63) is 46.2 Å². The van der Waals surface area contributed by atoms with Gasteiger partial charge in [-0.15, -0.1) is 11.8 Å². The lowest BCUT2D eigenvalue weighted by molar-refractivity contribution is 0.0597. The van der Waals surface area contributed by atoms with Gasteiger partial charge in [0.2, 0.25) is 0 Å². The highest BCUT2D eigenvalue weighted by Gasteiger charge is 2.25. The van der Waals surface area contributed by atoms with Gasteiger partial charge in [-0.25, -0.2) is 9.48 Å². The minimum Gasteiger partial charge on any atom is -0.465 e. The summed E-state index contributed by atoms with van der Waals surface area (Å²) in [5, 5.41) is 4.45. The van der Waals surface area contributed by atoms with Gasteiger partial charge in [-0.3, -0.25) is 4.79 Å². The molecule has 0 bridgehead atoms. The lowest BCUT2D eigenvalue weighted by Gasteiger charge is -2.10. The zero-order valence-corrected chi connectivity index (χ0v) is 13.9. The van der Waals surface area contributed by atoms with E-state index in [4.69, 9.17) is 4.74 Å². The Hall–Kier alpha value is -2.08. The number of carbonyl (C=O) groups is 1. The monoisotopic (exact) mass is 330 g/mol. The fraction of sp³-hybridized carbons (Fsp3) is 0.353. The number of methoxy groups -OCH3 is 1. The smallest absolute Gasteiger partial charge is 0.343 e. The van der Waals surface area contributed by atoms with Crippen molar-refractivity contribution in [1.82, 2.24) is 9.78 Å². The summed E-state index contributed by atoms with van der Waals surface area (Å²) >= 11 is 1.66. The Morgan fingerprint density at radius 3 is 2.61 bits per heavy atom. The van der Waals surface area contributed by atoms with Crippen LogP contribution in [0, 0.1) is 5.92 Å². The Morgan fingerprint density at radius 1 is 1.35 bits per heavy atom. The number of rotatable bonds is 5. The highest BCUT2D eigenvalue weighted by Crippen LogP contribution is 2.30. The quantitative estimate of drug-likeness (QED) is 0.623. The number of nitrogens with zero attached hydrogens (tertiary/aromatic N) is 2. The van der Waals surface area contributed by atoms with Gasteiger partial charge in [-0.1, -0.05) is 12.1 Å². The third-order valence-corrected chi connectivity index (χ3v) is 4.64. The van der Waals surface area contributed by atoms with E-state index in [-0.39, 0.29) is 11.1 Å². The molecule has 1 saturated carbocycles. The molecule has 0 amide bonds. The molecule has 0 unspecified atom stereocenters. The molecule has 1 fully saturated rings. The van der Waals surface area contributed by atoms with Crippen LogP contribution >= 0.6 is 11.8 Å². The van der Waals surface area contributed by atoms with Gasteiger partial charge in [-0.2, -0.15) is 5.10 Å². The van der Waals surface area contributed by atoms with Crippen LogP contribution in [0.4, 0.5) is 0 Å². The van der Waals surface area contributed by atoms with Crippen LogP contribution in [0.3, 0.4) is 0 Å². The molecule has 1 aliphatic rings. The third kappa shape index (κ3) is 3.47. The first-order valence-electron chi connectivity index (χ1n) is 7.47. The van der Waals surface area contributed by atoms with Crippen LogP contribution < -0.4 is 5.56 Å². The van der Waals surface area contributed by atoms with Crippen LogP contribution in [-0.4, -0.2) is 29.1 Å². The molecule has 5 nitrogen and oxygen atoms in total. The van der Waals surface area contributed by atoms with Crippen molar-refractivity contribution < 1.29 is 9.53 Å². The molecule has 120 valence electrons. The van der Waals surface area contributed by atoms with Crippen LogP contribution in [0.15, 0.2) is 40.0 Å². The molecule has 23 heavy (non-hydrogen) atoms. The van der Waals surface area contributed by atoms with Gasteiger partial charge in [0.1, 0.15) is 5.56 Å². The Bertz CT molecular complexity index is 779. The van der Waals surface area contributed by atoms with Crippen LogP contribution in [0.1, 0.15) is 23.2 Å². The second kappa shape index (κ2) is 6.58. The van der Waals surface area contributed by atoms with E-state index in [9.17, 15) is 9.59 Å². The summed E-state index contributed by atoms with van der Waals surface area (Å²) in [6.07, 6.45) is 4.22. The van der Waals surface area contributed by atoms with E-state index < -0.39 is 5.97 Å². The van der Waals surface area contributed by atoms with Gasteiger partial charge in [0.05, 0.1) is 12.8 Å². The standard InChI is InChI=1S/C17H18N2O3S/c1-22-17(21)14-9-15(12-5-7-13(23-2)8-6-12)18-19(16(14)20)10-11-3-4-11/h5-9,11H,3-4,10H2,1-2H3. The predicted molar refractivity (Wildman–Crippen MR) is 89.8 cm³/mol. The first-order chi connectivity index (χ1) is 11.1. The fourth-order valence-corrected chi connectivity index (χ4v) is 2.78. The summed E-state index contributed by atoms with van der Waals surface area (Å²) < 4.78 is 6.14. The van der Waals surface area contributed by atoms with Gasteiger partial charge < -0.3 is 4.74 Å². The Kier molecular flexibility index (Phi) is 4.52. The zero-order chi connectivity index (χ0) is 16.4. The molecule has 1 heterocycles. The molecular weight excluding hydrogens is 312 g/mol. The largest absolute Gasteiger partial charge is 0.465 e. The number of ether oxygens (including phenoxy) is 1. The van der Waals surface area contributed by atoms with E-state index in [0.29, 0.717) is 18.2 Å². The number of esters is 1. The van der Waals surface area contributed by atoms with Crippen LogP contribution in [0.2, 0.25) is 0 Å². The first kappa shape index (κ1) is 15.8. The van der Waals surface area contributed by atoms with Crippen molar-refractivity contribution in [3.63, 3.8) is 0 Å². The zero-order valence-electron chi connectivity index (χ0n) is 13.1. The number of hydrogen-bond donors (Lipinski definition) is 0. The average Bonchev–Trinajstić information content (AvgIpc) is 3.40. The van der Waals surface area contributed by atoms with Gasteiger partial charge in [0.15, 0.2) is 0 Å². The molecule has 0 radical (unpaired) electrons. The molecule has 0 N–H and O–H groups in total. The number of benzene rings is 1. The average molecular weight is 330 g/mol. The van der Waals surface area contributed by atoms with Crippen molar-refractivity contribution >= 4 is 17.7 Å². The highest BCUT2D eigenvalue weighted by atomic mass is 32.2. The fourth-order valence-electron chi connectivity index (χ4n) is 2.37. The third-order valence-electron chi connectivity index (χ3n) is 3.89. The van der Waals surface area contributed by atoms with Crippen LogP contribution in [0.5, 0.6) is 0 Å². The molecule has 0 spiro atoms. The normalized spacial score (nSPS) is 13.8. The van der Waals surface area contributed by atoms with E-state index in [1.54, 1.807) is 11.8 Å². The van der Waals surface area contributed by atoms with Gasteiger partial charge in [0, 0.05) is 17.0 Å². The van der Waals surface area contributed by atoms with Gasteiger partial charge >= 0.3 is 5.97 Å². The minimum atomic E-state index is -0.621. The molecule has 1 aliphatic carbocycles. The van der Waals surface area contributed by atoms with E-state index in [1.165, 1.54) is 17.9 Å². The maximum Gasteiger partial charge on any atom is 0.343 e. The van der Waals surface area contributed by atoms with E-state index >= 15 is 0 Å². The van der Waals surface area contributed by atoms with Crippen LogP contribution in [0.25, 0.3) is 11.3 Å². The molecule has 0 atom stereocenters. The van der Waals surface area contributed by atoms with Gasteiger partial charge in [-0.05, 0) is 43.2 Å². The topological polar surface area (TPSA) is 61.2 Å². The van der Waals surface area contributed by atoms with Crippen molar-refractivity contribution in [2.24, 2.45) is 5.92 Å². The maximum atomic E-state index is 12.4. The summed E-state index contributed by atoms with van der Waals surface area (Å²) in [5.74, 6) is -0.135. The lowest BCUT2D eigenvalue weighted by atomic mass is 10.1. The second-order valence-electron chi connectivity index (χ2n) is 5.59. The van der Waals surface area contributed by atoms with E-state index in [1.807, 2.05) is 30.5 Å². The molecule has 1 aromatic carbocycles. The number of hydrogen-bond acceptors (Lipinski definition) is 5. The summed E-state index contributed by atoms with van der Waals surface area (Å²) in [6.45, 7) is 0.555. The number of thioether (sulfide) groups is 1. The van der Waals surface area contributed by atoms with E-state index in [2.05, 4.69) is 5.10 Å². The maximum absolute atomic E-state index is 12.4. The summed E-state index contributed by atoms with van der Waals surface area (Å²) in [4.78, 5) is 25.5. The summed E-state index contributed by atoms with van der Waals surface area (Å²) in [7, 11) is 1.28. The molecule has 6 heteroatoms. The van der Waals surface area contributed by atoms with Crippen molar-refractivity contribution in [3.8, 4) is 11.3 Å². The highest BCUT2D eigenvalue weighted by molar-refractivity contribution is 7.98. The number of carbonyl (C=O) groups excluding carboxylic acids is 1. The second-order valence-corrected chi connectivity index (χ2v) is 6.47. The number of aromatic nitrogens is 2. The minimum absolute atomic E-state index is 0.0343. The Labute approximate surface area is 138 Å². The SMILES string of the molecule is COC(=O)c1cc(-c2ccc(SC)cc2)nn(CC2CC2)c1=O. The Balaban J connectivity index is 2.07. The molecular formula is C17H18N2O3S. The lowest BCUT2D eigenvalue weighted by Crippen LogP contribution is -2.30. The molecule has 0 aliphatic heterocycles. The van der Waals surface area contributed by atoms with Crippen molar-refractivity contribution in [2.75, 3.05) is 13.4 Å². The van der Waals surface area contributed by atoms with Crippen molar-refractivity contribution in [2.45, 2.75) is 24.3 Å². The molecule has 2 aromatic rings. The summed E-state index contributed by atoms with van der Waals surface area (Å²) in [6, 6.07) is 9.40.